The number of nitrogens with one attached hydrogen (secondary N) is 1. The standard InChI is InChI=1S/C19H21N5O/c25-19(16-5-7-20-21-12-16)24-8-1-2-14(6-9-24)10-15-3-4-18-17(11-15)13-22-23-18/h3-5,7,11-14H,1-2,6,8-10H2,(H,22,23)/t14-/m0/s1. The van der Waals surface area contributed by atoms with Gasteiger partial charge in [-0.1, -0.05) is 6.07 Å². The summed E-state index contributed by atoms with van der Waals surface area (Å²) in [7, 11) is 0. The van der Waals surface area contributed by atoms with Crippen molar-refractivity contribution in [3.8, 4) is 0 Å². The second kappa shape index (κ2) is 7.01. The summed E-state index contributed by atoms with van der Waals surface area (Å²) in [6.45, 7) is 1.62. The van der Waals surface area contributed by atoms with Crippen molar-refractivity contribution in [2.75, 3.05) is 13.1 Å². The molecule has 1 amide bonds. The van der Waals surface area contributed by atoms with Crippen LogP contribution in [0.4, 0.5) is 0 Å². The van der Waals surface area contributed by atoms with E-state index in [-0.39, 0.29) is 5.91 Å². The van der Waals surface area contributed by atoms with Gasteiger partial charge in [-0.3, -0.25) is 9.89 Å². The number of aromatic nitrogens is 4. The number of benzene rings is 1. The lowest BCUT2D eigenvalue weighted by Crippen LogP contribution is -2.32. The molecule has 0 radical (unpaired) electrons. The Hall–Kier alpha value is -2.76. The lowest BCUT2D eigenvalue weighted by atomic mass is 9.92. The van der Waals surface area contributed by atoms with Crippen LogP contribution in [0.5, 0.6) is 0 Å². The average Bonchev–Trinajstić information content (AvgIpc) is 3.00. The number of likely N-dealkylation sites (tertiary alicyclic amines) is 1. The Balaban J connectivity index is 1.40. The van der Waals surface area contributed by atoms with E-state index in [0.717, 1.165) is 49.7 Å². The summed E-state index contributed by atoms with van der Waals surface area (Å²) in [5, 5.41) is 15.8. The molecule has 3 aromatic rings. The van der Waals surface area contributed by atoms with Crippen molar-refractivity contribution in [3.63, 3.8) is 0 Å². The molecule has 25 heavy (non-hydrogen) atoms. The van der Waals surface area contributed by atoms with E-state index in [1.807, 2.05) is 11.1 Å². The molecule has 1 saturated heterocycles. The monoisotopic (exact) mass is 335 g/mol. The Bertz CT molecular complexity index is 860. The molecule has 1 fully saturated rings. The van der Waals surface area contributed by atoms with Crippen LogP contribution in [-0.4, -0.2) is 44.3 Å². The minimum atomic E-state index is 0.0652. The van der Waals surface area contributed by atoms with E-state index in [1.165, 1.54) is 5.56 Å². The number of aromatic amines is 1. The van der Waals surface area contributed by atoms with Gasteiger partial charge in [0.15, 0.2) is 0 Å². The molecule has 0 saturated carbocycles. The van der Waals surface area contributed by atoms with Crippen LogP contribution >= 0.6 is 0 Å². The van der Waals surface area contributed by atoms with Crippen LogP contribution in [0, 0.1) is 5.92 Å². The van der Waals surface area contributed by atoms with Crippen molar-refractivity contribution in [2.24, 2.45) is 5.92 Å². The smallest absolute Gasteiger partial charge is 0.255 e. The summed E-state index contributed by atoms with van der Waals surface area (Å²) in [5.74, 6) is 0.674. The molecule has 128 valence electrons. The van der Waals surface area contributed by atoms with Crippen LogP contribution in [0.3, 0.4) is 0 Å². The van der Waals surface area contributed by atoms with Crippen LogP contribution in [-0.2, 0) is 6.42 Å². The first-order valence-electron chi connectivity index (χ1n) is 8.77. The number of carbonyl (C=O) groups excluding carboxylic acids is 1. The van der Waals surface area contributed by atoms with Crippen molar-refractivity contribution >= 4 is 16.8 Å². The third-order valence-electron chi connectivity index (χ3n) is 5.00. The highest BCUT2D eigenvalue weighted by Gasteiger charge is 2.22. The predicted octanol–water partition coefficient (Wildman–Crippen LogP) is 2.84. The average molecular weight is 335 g/mol. The number of carbonyl (C=O) groups is 1. The Morgan fingerprint density at radius 1 is 1.16 bits per heavy atom. The maximum atomic E-state index is 12.6. The molecule has 1 atom stereocenters. The molecule has 1 N–H and O–H groups in total. The fourth-order valence-corrected chi connectivity index (χ4v) is 3.62. The van der Waals surface area contributed by atoms with Gasteiger partial charge < -0.3 is 4.90 Å². The van der Waals surface area contributed by atoms with Crippen molar-refractivity contribution in [3.05, 3.63) is 54.0 Å². The molecule has 0 aliphatic carbocycles. The number of H-pyrrole nitrogens is 1. The third-order valence-corrected chi connectivity index (χ3v) is 5.00. The molecule has 1 aliphatic rings. The van der Waals surface area contributed by atoms with Crippen LogP contribution in [0.25, 0.3) is 10.9 Å². The zero-order chi connectivity index (χ0) is 17.1. The Labute approximate surface area is 146 Å². The minimum Gasteiger partial charge on any atom is -0.339 e. The first-order valence-corrected chi connectivity index (χ1v) is 8.77. The summed E-state index contributed by atoms with van der Waals surface area (Å²) in [5.41, 5.74) is 3.04. The Kier molecular flexibility index (Phi) is 4.41. The number of amides is 1. The van der Waals surface area contributed by atoms with Gasteiger partial charge in [-0.15, -0.1) is 0 Å². The molecule has 1 aliphatic heterocycles. The molecular formula is C19H21N5O. The largest absolute Gasteiger partial charge is 0.339 e. The maximum absolute atomic E-state index is 12.6. The van der Waals surface area contributed by atoms with Gasteiger partial charge in [0.1, 0.15) is 0 Å². The van der Waals surface area contributed by atoms with Crippen molar-refractivity contribution in [1.29, 1.82) is 0 Å². The van der Waals surface area contributed by atoms with E-state index in [9.17, 15) is 4.79 Å². The van der Waals surface area contributed by atoms with Gasteiger partial charge in [-0.2, -0.15) is 15.3 Å². The lowest BCUT2D eigenvalue weighted by Gasteiger charge is -2.20. The lowest BCUT2D eigenvalue weighted by molar-refractivity contribution is 0.0759. The molecule has 0 bridgehead atoms. The number of rotatable bonds is 3. The molecule has 4 rings (SSSR count). The van der Waals surface area contributed by atoms with Crippen molar-refractivity contribution in [2.45, 2.75) is 25.7 Å². The SMILES string of the molecule is O=C(c1ccnnc1)N1CCC[C@H](Cc2ccc3[nH]ncc3c2)CC1. The zero-order valence-electron chi connectivity index (χ0n) is 14.1. The third kappa shape index (κ3) is 3.52. The van der Waals surface area contributed by atoms with Crippen LogP contribution < -0.4 is 0 Å². The van der Waals surface area contributed by atoms with Gasteiger partial charge in [0, 0.05) is 18.5 Å². The summed E-state index contributed by atoms with van der Waals surface area (Å²) < 4.78 is 0. The minimum absolute atomic E-state index is 0.0652. The molecule has 6 nitrogen and oxygen atoms in total. The van der Waals surface area contributed by atoms with E-state index in [0.29, 0.717) is 11.5 Å². The number of hydrogen-bond acceptors (Lipinski definition) is 4. The molecule has 6 heteroatoms. The Morgan fingerprint density at radius 2 is 2.12 bits per heavy atom. The van der Waals surface area contributed by atoms with Crippen molar-refractivity contribution in [1.82, 2.24) is 25.3 Å². The van der Waals surface area contributed by atoms with E-state index >= 15 is 0 Å². The van der Waals surface area contributed by atoms with Crippen LogP contribution in [0.2, 0.25) is 0 Å². The van der Waals surface area contributed by atoms with Gasteiger partial charge in [0.2, 0.25) is 0 Å². The van der Waals surface area contributed by atoms with Gasteiger partial charge >= 0.3 is 0 Å². The van der Waals surface area contributed by atoms with Crippen molar-refractivity contribution < 1.29 is 4.79 Å². The molecule has 3 heterocycles. The highest BCUT2D eigenvalue weighted by atomic mass is 16.2. The summed E-state index contributed by atoms with van der Waals surface area (Å²) in [4.78, 5) is 14.5. The summed E-state index contributed by atoms with van der Waals surface area (Å²) >= 11 is 0. The zero-order valence-corrected chi connectivity index (χ0v) is 14.1. The Morgan fingerprint density at radius 3 is 3.00 bits per heavy atom. The van der Waals surface area contributed by atoms with E-state index in [4.69, 9.17) is 0 Å². The highest BCUT2D eigenvalue weighted by Crippen LogP contribution is 2.24. The highest BCUT2D eigenvalue weighted by molar-refractivity contribution is 5.93. The number of hydrogen-bond donors (Lipinski definition) is 1. The maximum Gasteiger partial charge on any atom is 0.255 e. The van der Waals surface area contributed by atoms with Gasteiger partial charge in [0.25, 0.3) is 5.91 Å². The van der Waals surface area contributed by atoms with Gasteiger partial charge in [0.05, 0.1) is 29.7 Å². The molecule has 1 aromatic carbocycles. The van der Waals surface area contributed by atoms with E-state index in [1.54, 1.807) is 18.5 Å². The second-order valence-electron chi connectivity index (χ2n) is 6.72. The number of fused-ring (bicyclic) bond motifs is 1. The predicted molar refractivity (Wildman–Crippen MR) is 95.1 cm³/mol. The normalized spacial score (nSPS) is 18.2. The van der Waals surface area contributed by atoms with E-state index in [2.05, 4.69) is 38.6 Å². The van der Waals surface area contributed by atoms with Gasteiger partial charge in [-0.05, 0) is 55.4 Å². The molecule has 0 spiro atoms. The molecule has 0 unspecified atom stereocenters. The van der Waals surface area contributed by atoms with Gasteiger partial charge in [-0.25, -0.2) is 0 Å². The topological polar surface area (TPSA) is 74.8 Å². The first kappa shape index (κ1) is 15.7. The number of nitrogens with zero attached hydrogens (tertiary/aromatic N) is 4. The molecule has 2 aromatic heterocycles. The quantitative estimate of drug-likeness (QED) is 0.798. The fourth-order valence-electron chi connectivity index (χ4n) is 3.62. The first-order chi connectivity index (χ1) is 12.3. The molecular weight excluding hydrogens is 314 g/mol. The fraction of sp³-hybridized carbons (Fsp3) is 0.368. The van der Waals surface area contributed by atoms with Crippen LogP contribution in [0.15, 0.2) is 42.9 Å². The van der Waals surface area contributed by atoms with E-state index < -0.39 is 0 Å². The second-order valence-corrected chi connectivity index (χ2v) is 6.72. The van der Waals surface area contributed by atoms with Crippen LogP contribution in [0.1, 0.15) is 35.2 Å². The summed E-state index contributed by atoms with van der Waals surface area (Å²) in [6.07, 6.45) is 9.28. The summed E-state index contributed by atoms with van der Waals surface area (Å²) in [6, 6.07) is 8.23.